The Hall–Kier alpha value is -6.09. The third kappa shape index (κ3) is 12.2. The van der Waals surface area contributed by atoms with E-state index < -0.39 is 36.2 Å². The normalized spacial score (nSPS) is 11.1. The molecule has 3 aromatic carbocycles. The molecule has 15 heteroatoms. The van der Waals surface area contributed by atoms with Crippen molar-refractivity contribution in [3.63, 3.8) is 0 Å². The van der Waals surface area contributed by atoms with Gasteiger partial charge in [-0.15, -0.1) is 0 Å². The first kappa shape index (κ1) is 37.4. The third-order valence-electron chi connectivity index (χ3n) is 6.67. The van der Waals surface area contributed by atoms with Gasteiger partial charge in [-0.05, 0) is 73.0 Å². The van der Waals surface area contributed by atoms with E-state index in [0.29, 0.717) is 40.7 Å². The van der Waals surface area contributed by atoms with Gasteiger partial charge in [0.15, 0.2) is 0 Å². The largest absolute Gasteiger partial charge is 0.416 e. The Labute approximate surface area is 279 Å². The number of carbonyl (C=O) groups excluding carboxylic acids is 4. The van der Waals surface area contributed by atoms with Crippen LogP contribution in [0.3, 0.4) is 0 Å². The van der Waals surface area contributed by atoms with Crippen molar-refractivity contribution in [2.45, 2.75) is 32.5 Å². The van der Waals surface area contributed by atoms with Crippen LogP contribution in [0.1, 0.15) is 22.3 Å². The van der Waals surface area contributed by atoms with Crippen molar-refractivity contribution in [2.75, 3.05) is 27.9 Å². The Bertz CT molecular complexity index is 1780. The van der Waals surface area contributed by atoms with Gasteiger partial charge in [0.25, 0.3) is 0 Å². The molecule has 49 heavy (non-hydrogen) atoms. The van der Waals surface area contributed by atoms with E-state index in [1.807, 2.05) is 26.0 Å². The summed E-state index contributed by atoms with van der Waals surface area (Å²) >= 11 is 0. The Balaban J connectivity index is 0.000000271. The van der Waals surface area contributed by atoms with E-state index in [-0.39, 0.29) is 12.3 Å². The number of nitrogens with one attached hydrogen (secondary N) is 5. The van der Waals surface area contributed by atoms with E-state index in [1.54, 1.807) is 30.3 Å². The van der Waals surface area contributed by atoms with Crippen LogP contribution in [-0.4, -0.2) is 51.9 Å². The molecule has 0 aliphatic rings. The van der Waals surface area contributed by atoms with Crippen LogP contribution in [0, 0.1) is 13.8 Å². The molecule has 1 heterocycles. The summed E-state index contributed by atoms with van der Waals surface area (Å²) in [5.74, 6) is -1.20. The fourth-order valence-corrected chi connectivity index (χ4v) is 4.06. The molecule has 0 spiro atoms. The number of aromatic nitrogens is 2. The molecular formula is C34H34F3N7O5. The summed E-state index contributed by atoms with van der Waals surface area (Å²) in [6.07, 6.45) is -0.101. The molecule has 0 radical (unpaired) electrons. The van der Waals surface area contributed by atoms with Crippen LogP contribution in [-0.2, 0) is 31.8 Å². The van der Waals surface area contributed by atoms with Gasteiger partial charge in [-0.2, -0.15) is 13.2 Å². The number of benzene rings is 3. The van der Waals surface area contributed by atoms with Crippen molar-refractivity contribution in [1.29, 1.82) is 0 Å². The number of anilines is 5. The number of carbonyl (C=O) groups is 4. The number of amides is 4. The van der Waals surface area contributed by atoms with Gasteiger partial charge in [0.1, 0.15) is 6.04 Å². The van der Waals surface area contributed by atoms with Crippen molar-refractivity contribution >= 4 is 52.8 Å². The van der Waals surface area contributed by atoms with Crippen molar-refractivity contribution in [3.05, 3.63) is 114 Å². The molecule has 4 amide bonds. The van der Waals surface area contributed by atoms with Crippen LogP contribution in [0.5, 0.6) is 0 Å². The second-order valence-corrected chi connectivity index (χ2v) is 10.4. The average Bonchev–Trinajstić information content (AvgIpc) is 3.06. The molecule has 4 rings (SSSR count). The molecule has 12 nitrogen and oxygen atoms in total. The Morgan fingerprint density at radius 1 is 0.878 bits per heavy atom. The van der Waals surface area contributed by atoms with Crippen molar-refractivity contribution in [1.82, 2.24) is 15.3 Å². The minimum absolute atomic E-state index is 0.100. The number of rotatable bonds is 12. The molecule has 0 aliphatic heterocycles. The summed E-state index contributed by atoms with van der Waals surface area (Å²) in [6.45, 7) is 6.62. The first-order valence-corrected chi connectivity index (χ1v) is 14.6. The molecule has 1 aromatic heterocycles. The Morgan fingerprint density at radius 2 is 1.55 bits per heavy atom. The topological polar surface area (TPSA) is 174 Å². The lowest BCUT2D eigenvalue weighted by Gasteiger charge is -2.15. The highest BCUT2D eigenvalue weighted by molar-refractivity contribution is 5.99. The molecule has 0 saturated carbocycles. The summed E-state index contributed by atoms with van der Waals surface area (Å²) in [5.41, 5.74) is 3.86. The summed E-state index contributed by atoms with van der Waals surface area (Å²) in [6, 6.07) is 15.9. The highest BCUT2D eigenvalue weighted by Gasteiger charge is 2.30. The third-order valence-corrected chi connectivity index (χ3v) is 6.67. The number of alkyl halides is 3. The van der Waals surface area contributed by atoms with Gasteiger partial charge in [-0.3, -0.25) is 19.2 Å². The summed E-state index contributed by atoms with van der Waals surface area (Å²) < 4.78 is 37.9. The number of hydrogen-bond acceptors (Lipinski definition) is 8. The number of aryl methyl sites for hydroxylation is 2. The predicted molar refractivity (Wildman–Crippen MR) is 179 cm³/mol. The van der Waals surface area contributed by atoms with Crippen LogP contribution in [0.25, 0.3) is 0 Å². The lowest BCUT2D eigenvalue weighted by atomic mass is 10.1. The van der Waals surface area contributed by atoms with E-state index in [9.17, 15) is 37.5 Å². The molecule has 0 aliphatic carbocycles. The molecule has 1 unspecified atom stereocenters. The number of hydrogen-bond donors (Lipinski definition) is 6. The standard InChI is InChI=1S/C17H16F3NO.C17H18N6O4/c1-11-6-7-15(8-12(11)2)21-16(22)10-13-4-3-5-14(9-13)17(18,19)20;1-2-15(26)23-14(9-24)16(27)21-11-4-3-5-12(6-11)22-17-18-7-13(8-19-17)20-10-25/h3-9H,10H2,1-2H3,(H,21,22);2-8,10,14,24H,1,9H2,(H,20,25)(H,21,27)(H,23,26)(H,18,19,22). The van der Waals surface area contributed by atoms with Crippen molar-refractivity contribution in [2.24, 2.45) is 0 Å². The van der Waals surface area contributed by atoms with Gasteiger partial charge in [0, 0.05) is 17.1 Å². The maximum Gasteiger partial charge on any atom is 0.416 e. The summed E-state index contributed by atoms with van der Waals surface area (Å²) in [4.78, 5) is 53.9. The van der Waals surface area contributed by atoms with E-state index >= 15 is 0 Å². The second-order valence-electron chi connectivity index (χ2n) is 10.4. The average molecular weight is 678 g/mol. The van der Waals surface area contributed by atoms with Gasteiger partial charge >= 0.3 is 6.18 Å². The zero-order chi connectivity index (χ0) is 36.0. The van der Waals surface area contributed by atoms with Gasteiger partial charge < -0.3 is 31.7 Å². The highest BCUT2D eigenvalue weighted by atomic mass is 19.4. The van der Waals surface area contributed by atoms with Crippen molar-refractivity contribution < 1.29 is 37.5 Å². The molecule has 0 saturated heterocycles. The first-order chi connectivity index (χ1) is 23.3. The first-order valence-electron chi connectivity index (χ1n) is 14.6. The molecule has 256 valence electrons. The zero-order valence-electron chi connectivity index (χ0n) is 26.5. The van der Waals surface area contributed by atoms with E-state index in [4.69, 9.17) is 0 Å². The SMILES string of the molecule is C=CC(=O)NC(CO)C(=O)Nc1cccc(Nc2ncc(NC=O)cn2)c1.Cc1ccc(NC(=O)Cc2cccc(C(F)(F)F)c2)cc1C. The van der Waals surface area contributed by atoms with Crippen LogP contribution in [0.15, 0.2) is 91.8 Å². The maximum absolute atomic E-state index is 12.6. The summed E-state index contributed by atoms with van der Waals surface area (Å²) in [5, 5.41) is 22.3. The molecule has 0 fully saturated rings. The van der Waals surface area contributed by atoms with E-state index in [2.05, 4.69) is 43.1 Å². The molecular weight excluding hydrogens is 643 g/mol. The molecule has 4 aromatic rings. The van der Waals surface area contributed by atoms with Crippen LogP contribution in [0.2, 0.25) is 0 Å². The number of nitrogens with zero attached hydrogens (tertiary/aromatic N) is 2. The molecule has 6 N–H and O–H groups in total. The monoisotopic (exact) mass is 677 g/mol. The van der Waals surface area contributed by atoms with Gasteiger partial charge in [0.2, 0.25) is 30.1 Å². The van der Waals surface area contributed by atoms with Gasteiger partial charge in [0.05, 0.1) is 36.7 Å². The predicted octanol–water partition coefficient (Wildman–Crippen LogP) is 4.89. The fraction of sp³-hybridized carbons (Fsp3) is 0.176. The Morgan fingerprint density at radius 3 is 2.18 bits per heavy atom. The van der Waals surface area contributed by atoms with Crippen LogP contribution >= 0.6 is 0 Å². The summed E-state index contributed by atoms with van der Waals surface area (Å²) in [7, 11) is 0. The second kappa shape index (κ2) is 17.7. The highest BCUT2D eigenvalue weighted by Crippen LogP contribution is 2.29. The van der Waals surface area contributed by atoms with Gasteiger partial charge in [-0.1, -0.05) is 36.9 Å². The number of aliphatic hydroxyl groups is 1. The van der Waals surface area contributed by atoms with Crippen LogP contribution < -0.4 is 26.6 Å². The molecule has 1 atom stereocenters. The fourth-order valence-electron chi connectivity index (χ4n) is 4.06. The van der Waals surface area contributed by atoms with E-state index in [1.165, 1.54) is 24.5 Å². The van der Waals surface area contributed by atoms with Crippen molar-refractivity contribution in [3.8, 4) is 0 Å². The molecule has 0 bridgehead atoms. The number of aliphatic hydroxyl groups excluding tert-OH is 1. The zero-order valence-corrected chi connectivity index (χ0v) is 26.5. The van der Waals surface area contributed by atoms with E-state index in [0.717, 1.165) is 29.3 Å². The van der Waals surface area contributed by atoms with Gasteiger partial charge in [-0.25, -0.2) is 9.97 Å². The maximum atomic E-state index is 12.6. The minimum Gasteiger partial charge on any atom is -0.394 e. The smallest absolute Gasteiger partial charge is 0.394 e. The van der Waals surface area contributed by atoms with Crippen LogP contribution in [0.4, 0.5) is 41.9 Å². The Kier molecular flexibility index (Phi) is 13.5. The quantitative estimate of drug-likeness (QED) is 0.0908. The lowest BCUT2D eigenvalue weighted by Crippen LogP contribution is -2.45. The lowest BCUT2D eigenvalue weighted by molar-refractivity contribution is -0.137. The number of halogens is 3. The minimum atomic E-state index is -4.40.